The molecule has 1 heterocycles. The van der Waals surface area contributed by atoms with E-state index in [0.717, 1.165) is 36.2 Å². The van der Waals surface area contributed by atoms with Crippen molar-refractivity contribution in [2.24, 2.45) is 0 Å². The van der Waals surface area contributed by atoms with Gasteiger partial charge in [-0.1, -0.05) is 189 Å². The quantitative estimate of drug-likeness (QED) is 0.160. The first-order valence-electron chi connectivity index (χ1n) is 20.4. The maximum Gasteiger partial charge on any atom is 0.0632 e. The van der Waals surface area contributed by atoms with Crippen LogP contribution in [-0.2, 0) is 0 Å². The molecule has 2 aliphatic rings. The summed E-state index contributed by atoms with van der Waals surface area (Å²) >= 11 is 0. The number of fused-ring (bicyclic) bond motifs is 3. The van der Waals surface area contributed by atoms with Crippen LogP contribution in [0.5, 0.6) is 0 Å². The summed E-state index contributed by atoms with van der Waals surface area (Å²) in [5.74, 6) is 0. The van der Waals surface area contributed by atoms with Crippen molar-refractivity contribution in [3.63, 3.8) is 0 Å². The van der Waals surface area contributed by atoms with Gasteiger partial charge in [0, 0.05) is 45.8 Å². The zero-order valence-electron chi connectivity index (χ0n) is 32.5. The van der Waals surface area contributed by atoms with Gasteiger partial charge in [-0.2, -0.15) is 0 Å². The van der Waals surface area contributed by atoms with Crippen LogP contribution >= 0.6 is 0 Å². The van der Waals surface area contributed by atoms with Crippen LogP contribution in [-0.4, -0.2) is 12.6 Å². The average molecular weight is 745 g/mol. The number of nitrogens with zero attached hydrogens (tertiary/aromatic N) is 2. The molecule has 2 nitrogen and oxygen atoms in total. The lowest BCUT2D eigenvalue weighted by atomic mass is 9.84. The van der Waals surface area contributed by atoms with Crippen LogP contribution in [0.1, 0.15) is 24.0 Å². The van der Waals surface area contributed by atoms with E-state index in [-0.39, 0.29) is 6.04 Å². The first-order valence-corrected chi connectivity index (χ1v) is 20.4. The van der Waals surface area contributed by atoms with Gasteiger partial charge in [-0.05, 0) is 92.7 Å². The van der Waals surface area contributed by atoms with Crippen molar-refractivity contribution in [1.29, 1.82) is 0 Å². The second-order valence-electron chi connectivity index (χ2n) is 15.2. The van der Waals surface area contributed by atoms with Crippen molar-refractivity contribution >= 4 is 55.4 Å². The molecule has 0 radical (unpaired) electrons. The predicted molar refractivity (Wildman–Crippen MR) is 249 cm³/mol. The van der Waals surface area contributed by atoms with E-state index in [1.54, 1.807) is 0 Å². The summed E-state index contributed by atoms with van der Waals surface area (Å²) in [4.78, 5) is 5.09. The van der Waals surface area contributed by atoms with Crippen LogP contribution < -0.4 is 9.80 Å². The Morgan fingerprint density at radius 2 is 1.17 bits per heavy atom. The van der Waals surface area contributed by atoms with E-state index in [0.29, 0.717) is 0 Å². The van der Waals surface area contributed by atoms with E-state index >= 15 is 0 Å². The fraction of sp³-hybridized carbons (Fsp3) is 0.0714. The predicted octanol–water partition coefficient (Wildman–Crippen LogP) is 15.0. The number of anilines is 4. The number of rotatable bonds is 7. The fourth-order valence-corrected chi connectivity index (χ4v) is 9.20. The molecule has 1 aliphatic carbocycles. The van der Waals surface area contributed by atoms with Gasteiger partial charge in [0.25, 0.3) is 0 Å². The Balaban J connectivity index is 1.22. The van der Waals surface area contributed by atoms with Crippen LogP contribution in [0.3, 0.4) is 0 Å². The number of benzene rings is 8. The molecule has 0 aromatic heterocycles. The second-order valence-corrected chi connectivity index (χ2v) is 15.2. The third kappa shape index (κ3) is 6.33. The minimum absolute atomic E-state index is 0.0131. The molecule has 278 valence electrons. The highest BCUT2D eigenvalue weighted by molar-refractivity contribution is 6.07. The molecule has 8 aromatic carbocycles. The summed E-state index contributed by atoms with van der Waals surface area (Å²) in [7, 11) is 0. The molecular formula is C56H44N2. The summed E-state index contributed by atoms with van der Waals surface area (Å²) in [6.07, 6.45) is 13.2. The monoisotopic (exact) mass is 744 g/mol. The normalized spacial score (nSPS) is 15.7. The van der Waals surface area contributed by atoms with Crippen molar-refractivity contribution < 1.29 is 0 Å². The molecule has 0 saturated heterocycles. The van der Waals surface area contributed by atoms with E-state index in [1.165, 1.54) is 72.0 Å². The van der Waals surface area contributed by atoms with Crippen molar-refractivity contribution in [2.75, 3.05) is 16.3 Å². The van der Waals surface area contributed by atoms with E-state index in [4.69, 9.17) is 6.58 Å². The summed E-state index contributed by atoms with van der Waals surface area (Å²) in [6.45, 7) is 5.59. The minimum Gasteiger partial charge on any atom is -0.341 e. The Morgan fingerprint density at radius 3 is 2.03 bits per heavy atom. The average Bonchev–Trinajstić information content (AvgIpc) is 3.29. The lowest BCUT2D eigenvalue weighted by Gasteiger charge is -2.39. The van der Waals surface area contributed by atoms with Gasteiger partial charge in [-0.3, -0.25) is 0 Å². The van der Waals surface area contributed by atoms with Crippen LogP contribution in [0.4, 0.5) is 22.7 Å². The van der Waals surface area contributed by atoms with E-state index in [2.05, 4.69) is 222 Å². The molecule has 1 aliphatic heterocycles. The molecule has 0 saturated carbocycles. The molecule has 58 heavy (non-hydrogen) atoms. The molecule has 8 aromatic rings. The molecule has 0 spiro atoms. The molecule has 1 atom stereocenters. The SMILES string of the molecule is C=C1/C=C\CCN(c2ccccc2)c2cccc(-c3ccccc3N(c3cccc4ccccc34)C3CC=CC=C3c3cccc4cccc(-c5ccccc5)c34)c21. The second kappa shape index (κ2) is 15.4. The van der Waals surface area contributed by atoms with E-state index < -0.39 is 0 Å². The maximum absolute atomic E-state index is 4.70. The molecule has 0 amide bonds. The van der Waals surface area contributed by atoms with Crippen LogP contribution in [0.15, 0.2) is 219 Å². The zero-order chi connectivity index (χ0) is 38.8. The van der Waals surface area contributed by atoms with Crippen molar-refractivity contribution in [1.82, 2.24) is 0 Å². The highest BCUT2D eigenvalue weighted by Crippen LogP contribution is 2.48. The summed E-state index contributed by atoms with van der Waals surface area (Å²) < 4.78 is 0. The van der Waals surface area contributed by atoms with Gasteiger partial charge in [-0.25, -0.2) is 0 Å². The summed E-state index contributed by atoms with van der Waals surface area (Å²) in [6, 6.07) is 66.4. The standard InChI is InChI=1S/C56H44N2/c1-40-20-14-15-39-57(44-27-6-3-7-28-44)54-38-19-34-49(55(40)54)47-30-10-12-35-52(47)58(51-37-18-24-41-23-8-9-29-45(41)51)53-36-13-11-31-48(53)50-33-17-26-43-25-16-32-46(56(43)50)42-21-4-2-5-22-42/h2-14,16-35,37-38,53H,1,15,36,39H2/b20-14-. The van der Waals surface area contributed by atoms with Gasteiger partial charge in [-0.15, -0.1) is 0 Å². The van der Waals surface area contributed by atoms with Gasteiger partial charge in [0.2, 0.25) is 0 Å². The Bertz CT molecular complexity index is 2890. The Labute approximate surface area is 341 Å². The summed E-state index contributed by atoms with van der Waals surface area (Å²) in [5.41, 5.74) is 14.3. The smallest absolute Gasteiger partial charge is 0.0632 e. The highest BCUT2D eigenvalue weighted by Gasteiger charge is 2.31. The molecule has 1 unspecified atom stereocenters. The Hall–Kier alpha value is -7.16. The zero-order valence-corrected chi connectivity index (χ0v) is 32.5. The highest BCUT2D eigenvalue weighted by atomic mass is 15.2. The first kappa shape index (κ1) is 35.3. The number of allylic oxidation sites excluding steroid dienone is 4. The topological polar surface area (TPSA) is 6.48 Å². The van der Waals surface area contributed by atoms with E-state index in [1.807, 2.05) is 0 Å². The van der Waals surface area contributed by atoms with Crippen LogP contribution in [0.2, 0.25) is 0 Å². The molecule has 10 rings (SSSR count). The van der Waals surface area contributed by atoms with Gasteiger partial charge in [0.05, 0.1) is 6.04 Å². The molecule has 0 bridgehead atoms. The largest absolute Gasteiger partial charge is 0.341 e. The van der Waals surface area contributed by atoms with Gasteiger partial charge < -0.3 is 9.80 Å². The Morgan fingerprint density at radius 1 is 0.534 bits per heavy atom. The van der Waals surface area contributed by atoms with Gasteiger partial charge >= 0.3 is 0 Å². The number of hydrogen-bond acceptors (Lipinski definition) is 2. The maximum atomic E-state index is 4.70. The van der Waals surface area contributed by atoms with Gasteiger partial charge in [0.15, 0.2) is 0 Å². The third-order valence-electron chi connectivity index (χ3n) is 11.8. The van der Waals surface area contributed by atoms with Crippen molar-refractivity contribution in [3.05, 3.63) is 230 Å². The molecular weight excluding hydrogens is 701 g/mol. The van der Waals surface area contributed by atoms with Crippen LogP contribution in [0, 0.1) is 0 Å². The lowest BCUT2D eigenvalue weighted by Crippen LogP contribution is -2.33. The minimum atomic E-state index is -0.0131. The van der Waals surface area contributed by atoms with Crippen molar-refractivity contribution in [3.8, 4) is 22.3 Å². The van der Waals surface area contributed by atoms with Crippen LogP contribution in [0.25, 0.3) is 54.9 Å². The number of para-hydroxylation sites is 2. The fourth-order valence-electron chi connectivity index (χ4n) is 9.20. The first-order chi connectivity index (χ1) is 28.7. The van der Waals surface area contributed by atoms with Gasteiger partial charge in [0.1, 0.15) is 0 Å². The lowest BCUT2D eigenvalue weighted by molar-refractivity contribution is 0.806. The number of hydrogen-bond donors (Lipinski definition) is 0. The molecule has 0 N–H and O–H groups in total. The summed E-state index contributed by atoms with van der Waals surface area (Å²) in [5, 5.41) is 4.96. The van der Waals surface area contributed by atoms with E-state index in [9.17, 15) is 0 Å². The Kier molecular flexibility index (Phi) is 9.37. The molecule has 0 fully saturated rings. The molecule has 2 heteroatoms. The van der Waals surface area contributed by atoms with Crippen molar-refractivity contribution in [2.45, 2.75) is 18.9 Å². The third-order valence-corrected chi connectivity index (χ3v) is 11.8.